The van der Waals surface area contributed by atoms with Crippen LogP contribution in [0.15, 0.2) is 59.6 Å². The molecule has 1 fully saturated rings. The molecule has 1 saturated heterocycles. The molecule has 2 aromatic carbocycles. The summed E-state index contributed by atoms with van der Waals surface area (Å²) in [6.45, 7) is 3.07. The van der Waals surface area contributed by atoms with Crippen LogP contribution in [0.4, 0.5) is 4.39 Å². The number of rotatable bonds is 2. The number of carbonyl (C=O) groups excluding carboxylic acids is 1. The summed E-state index contributed by atoms with van der Waals surface area (Å²) in [7, 11) is 0. The summed E-state index contributed by atoms with van der Waals surface area (Å²) in [6.07, 6.45) is 0. The zero-order valence-electron chi connectivity index (χ0n) is 15.0. The van der Waals surface area contributed by atoms with Crippen molar-refractivity contribution in [2.45, 2.75) is 12.5 Å². The first-order valence-electron chi connectivity index (χ1n) is 9.02. The lowest BCUT2D eigenvalue weighted by Gasteiger charge is -2.47. The van der Waals surface area contributed by atoms with Gasteiger partial charge in [0.2, 0.25) is 0 Å². The Morgan fingerprint density at radius 1 is 1.22 bits per heavy atom. The Labute approximate surface area is 162 Å². The van der Waals surface area contributed by atoms with Crippen LogP contribution in [0.25, 0.3) is 0 Å². The van der Waals surface area contributed by atoms with Crippen molar-refractivity contribution in [2.24, 2.45) is 16.8 Å². The summed E-state index contributed by atoms with van der Waals surface area (Å²) in [5.41, 5.74) is 0.289. The maximum Gasteiger partial charge on any atom is 0.257 e. The summed E-state index contributed by atoms with van der Waals surface area (Å²) < 4.78 is 20.5. The number of halogens is 1. The van der Waals surface area contributed by atoms with Crippen LogP contribution in [-0.4, -0.2) is 30.0 Å². The second-order valence-electron chi connectivity index (χ2n) is 7.05. The van der Waals surface area contributed by atoms with Gasteiger partial charge in [-0.25, -0.2) is 9.38 Å². The van der Waals surface area contributed by atoms with Crippen LogP contribution >= 0.6 is 11.8 Å². The molecule has 6 heteroatoms. The van der Waals surface area contributed by atoms with Gasteiger partial charge in [-0.3, -0.25) is 4.79 Å². The number of nitrogens with one attached hydrogen (secondary N) is 1. The molecule has 1 amide bonds. The van der Waals surface area contributed by atoms with E-state index in [1.807, 2.05) is 24.3 Å². The Morgan fingerprint density at radius 2 is 1.96 bits per heavy atom. The second-order valence-corrected chi connectivity index (χ2v) is 8.06. The van der Waals surface area contributed by atoms with E-state index in [9.17, 15) is 9.18 Å². The van der Waals surface area contributed by atoms with Gasteiger partial charge in [0.25, 0.3) is 5.91 Å². The first-order chi connectivity index (χ1) is 13.1. The zero-order chi connectivity index (χ0) is 18.9. The van der Waals surface area contributed by atoms with Crippen LogP contribution in [0.2, 0.25) is 0 Å². The van der Waals surface area contributed by atoms with Crippen LogP contribution in [-0.2, 0) is 10.3 Å². The minimum atomic E-state index is -0.812. The van der Waals surface area contributed by atoms with E-state index in [4.69, 9.17) is 9.73 Å². The highest BCUT2D eigenvalue weighted by Crippen LogP contribution is 2.47. The summed E-state index contributed by atoms with van der Waals surface area (Å²) in [5.74, 6) is 0.650. The van der Waals surface area contributed by atoms with E-state index in [0.29, 0.717) is 29.5 Å². The maximum atomic E-state index is 14.7. The molecular weight excluding hydrogens is 363 g/mol. The van der Waals surface area contributed by atoms with Gasteiger partial charge < -0.3 is 10.1 Å². The monoisotopic (exact) mass is 384 g/mol. The number of benzene rings is 2. The van der Waals surface area contributed by atoms with Gasteiger partial charge in [0, 0.05) is 29.4 Å². The van der Waals surface area contributed by atoms with Gasteiger partial charge in [-0.1, -0.05) is 55.1 Å². The van der Waals surface area contributed by atoms with Gasteiger partial charge in [0.05, 0.1) is 6.61 Å². The minimum Gasteiger partial charge on any atom is -0.378 e. The number of ether oxygens (including phenoxy) is 1. The van der Waals surface area contributed by atoms with Crippen molar-refractivity contribution in [1.82, 2.24) is 5.32 Å². The number of fused-ring (bicyclic) bond motifs is 1. The van der Waals surface area contributed by atoms with E-state index in [1.165, 1.54) is 17.8 Å². The molecule has 3 atom stereocenters. The number of amides is 1. The Balaban J connectivity index is 1.71. The quantitative estimate of drug-likeness (QED) is 0.856. The summed E-state index contributed by atoms with van der Waals surface area (Å²) in [5, 5.41) is 3.41. The van der Waals surface area contributed by atoms with Crippen LogP contribution in [0.5, 0.6) is 0 Å². The summed E-state index contributed by atoms with van der Waals surface area (Å²) in [6, 6.07) is 15.7. The van der Waals surface area contributed by atoms with Crippen molar-refractivity contribution in [1.29, 1.82) is 0 Å². The highest BCUT2D eigenvalue weighted by Gasteiger charge is 2.50. The van der Waals surface area contributed by atoms with Gasteiger partial charge in [0.1, 0.15) is 11.4 Å². The molecule has 0 bridgehead atoms. The lowest BCUT2D eigenvalue weighted by atomic mass is 9.72. The lowest BCUT2D eigenvalue weighted by molar-refractivity contribution is -0.0340. The Bertz CT molecular complexity index is 873. The second kappa shape index (κ2) is 7.44. The average molecular weight is 384 g/mol. The van der Waals surface area contributed by atoms with Crippen molar-refractivity contribution in [3.8, 4) is 0 Å². The fourth-order valence-corrected chi connectivity index (χ4v) is 5.20. The molecular formula is C21H21FN2O2S. The number of thioether (sulfide) groups is 1. The fraction of sp³-hybridized carbons (Fsp3) is 0.333. The molecule has 2 heterocycles. The number of carbonyl (C=O) groups is 1. The Hall–Kier alpha value is -2.18. The first-order valence-corrected chi connectivity index (χ1v) is 10.0. The molecule has 0 saturated carbocycles. The third-order valence-electron chi connectivity index (χ3n) is 5.30. The van der Waals surface area contributed by atoms with Crippen molar-refractivity contribution < 1.29 is 13.9 Å². The van der Waals surface area contributed by atoms with E-state index in [-0.39, 0.29) is 23.6 Å². The first kappa shape index (κ1) is 18.2. The molecule has 1 N–H and O–H groups in total. The van der Waals surface area contributed by atoms with Gasteiger partial charge in [-0.2, -0.15) is 0 Å². The van der Waals surface area contributed by atoms with Crippen molar-refractivity contribution in [2.75, 3.05) is 19.0 Å². The fourth-order valence-electron chi connectivity index (χ4n) is 3.87. The van der Waals surface area contributed by atoms with Crippen LogP contribution in [0.1, 0.15) is 22.8 Å². The summed E-state index contributed by atoms with van der Waals surface area (Å²) >= 11 is 1.51. The van der Waals surface area contributed by atoms with E-state index in [2.05, 4.69) is 12.2 Å². The molecule has 4 rings (SSSR count). The van der Waals surface area contributed by atoms with E-state index in [0.717, 1.165) is 5.75 Å². The molecule has 140 valence electrons. The molecule has 2 aliphatic heterocycles. The van der Waals surface area contributed by atoms with E-state index >= 15 is 0 Å². The molecule has 27 heavy (non-hydrogen) atoms. The van der Waals surface area contributed by atoms with Gasteiger partial charge in [-0.15, -0.1) is 0 Å². The lowest BCUT2D eigenvalue weighted by Crippen LogP contribution is -2.52. The largest absolute Gasteiger partial charge is 0.378 e. The smallest absolute Gasteiger partial charge is 0.257 e. The van der Waals surface area contributed by atoms with Crippen LogP contribution in [0, 0.1) is 17.7 Å². The van der Waals surface area contributed by atoms with Gasteiger partial charge >= 0.3 is 0 Å². The number of aliphatic imine (C=N–C) groups is 1. The molecule has 2 aromatic rings. The van der Waals surface area contributed by atoms with Gasteiger partial charge in [0.15, 0.2) is 5.17 Å². The summed E-state index contributed by atoms with van der Waals surface area (Å²) in [4.78, 5) is 17.4. The molecule has 0 aliphatic carbocycles. The molecule has 2 unspecified atom stereocenters. The number of amidine groups is 1. The normalized spacial score (nSPS) is 27.4. The Morgan fingerprint density at radius 3 is 2.74 bits per heavy atom. The maximum absolute atomic E-state index is 14.7. The standard InChI is InChI=1S/C21H21FN2O2S/c1-14-11-26-13-21(16-9-5-6-10-18(16)22)17(14)12-27-20(24-21)23-19(25)15-7-3-2-4-8-15/h2-10,14,17H,11-13H2,1H3,(H,23,24,25)/t14?,17?,21-/m1/s1. The van der Waals surface area contributed by atoms with Gasteiger partial charge in [-0.05, 0) is 24.1 Å². The average Bonchev–Trinajstić information content (AvgIpc) is 2.69. The van der Waals surface area contributed by atoms with E-state index in [1.54, 1.807) is 24.3 Å². The highest BCUT2D eigenvalue weighted by atomic mass is 32.2. The third-order valence-corrected chi connectivity index (χ3v) is 6.29. The van der Waals surface area contributed by atoms with Crippen LogP contribution < -0.4 is 5.32 Å². The van der Waals surface area contributed by atoms with Crippen molar-refractivity contribution >= 4 is 22.8 Å². The van der Waals surface area contributed by atoms with Crippen molar-refractivity contribution in [3.63, 3.8) is 0 Å². The Kier molecular flexibility index (Phi) is 5.02. The molecule has 0 radical (unpaired) electrons. The SMILES string of the molecule is CC1COC[C@]2(c3ccccc3F)N=C(NC(=O)c3ccccc3)SCC12. The predicted octanol–water partition coefficient (Wildman–Crippen LogP) is 3.84. The van der Waals surface area contributed by atoms with Crippen LogP contribution in [0.3, 0.4) is 0 Å². The highest BCUT2D eigenvalue weighted by molar-refractivity contribution is 8.13. The minimum absolute atomic E-state index is 0.144. The number of hydrogen-bond donors (Lipinski definition) is 1. The predicted molar refractivity (Wildman–Crippen MR) is 105 cm³/mol. The van der Waals surface area contributed by atoms with Crippen molar-refractivity contribution in [3.05, 3.63) is 71.5 Å². The third kappa shape index (κ3) is 3.39. The topological polar surface area (TPSA) is 50.7 Å². The number of nitrogens with zero attached hydrogens (tertiary/aromatic N) is 1. The molecule has 2 aliphatic rings. The zero-order valence-corrected chi connectivity index (χ0v) is 15.8. The van der Waals surface area contributed by atoms with E-state index < -0.39 is 5.54 Å². The molecule has 0 spiro atoms. The molecule has 4 nitrogen and oxygen atoms in total. The molecule has 0 aromatic heterocycles. The number of hydrogen-bond acceptors (Lipinski definition) is 4.